The van der Waals surface area contributed by atoms with Gasteiger partial charge in [-0.05, 0) is 6.92 Å². The lowest BCUT2D eigenvalue weighted by Crippen LogP contribution is -2.39. The van der Waals surface area contributed by atoms with Crippen LogP contribution in [0.1, 0.15) is 13.3 Å². The molecule has 0 amide bonds. The first kappa shape index (κ1) is 11.4. The lowest BCUT2D eigenvalue weighted by molar-refractivity contribution is -0.144. The summed E-state index contributed by atoms with van der Waals surface area (Å²) in [6.07, 6.45) is 0.717. The van der Waals surface area contributed by atoms with E-state index in [0.717, 1.165) is 0 Å². The number of carbonyl (C=O) groups excluding carboxylic acids is 1. The molecule has 14 heavy (non-hydrogen) atoms. The Morgan fingerprint density at radius 2 is 2.14 bits per heavy atom. The molecule has 80 valence electrons. The molecule has 0 saturated carbocycles. The summed E-state index contributed by atoms with van der Waals surface area (Å²) in [5, 5.41) is 0. The van der Waals surface area contributed by atoms with E-state index in [0.29, 0.717) is 18.0 Å². The number of rotatable bonds is 2. The molecular weight excluding hydrogens is 202 g/mol. The molecule has 1 saturated heterocycles. The van der Waals surface area contributed by atoms with Crippen molar-refractivity contribution in [1.29, 1.82) is 0 Å². The minimum Gasteiger partial charge on any atom is -0.467 e. The minimum atomic E-state index is -0.276. The van der Waals surface area contributed by atoms with E-state index < -0.39 is 0 Å². The summed E-state index contributed by atoms with van der Waals surface area (Å²) >= 11 is 5.06. The molecule has 1 rings (SSSR count). The average Bonchev–Trinajstić information content (AvgIpc) is 2.60. The van der Waals surface area contributed by atoms with Crippen LogP contribution in [0.2, 0.25) is 0 Å². The van der Waals surface area contributed by atoms with Crippen molar-refractivity contribution in [3.8, 4) is 0 Å². The Kier molecular flexibility index (Phi) is 3.83. The zero-order chi connectivity index (χ0) is 10.7. The monoisotopic (exact) mass is 217 g/mol. The predicted octanol–water partition coefficient (Wildman–Crippen LogP) is 0.596. The summed E-state index contributed by atoms with van der Waals surface area (Å²) in [7, 11) is 3.03. The number of nitrogens with zero attached hydrogens (tertiary/aromatic N) is 1. The van der Waals surface area contributed by atoms with Gasteiger partial charge in [-0.15, -0.1) is 0 Å². The van der Waals surface area contributed by atoms with Gasteiger partial charge in [0.2, 0.25) is 0 Å². The molecule has 1 fully saturated rings. The highest BCUT2D eigenvalue weighted by atomic mass is 32.1. The number of carbonyl (C=O) groups is 1. The molecule has 1 aliphatic heterocycles. The lowest BCUT2D eigenvalue weighted by atomic mass is 10.2. The quantitative estimate of drug-likeness (QED) is 0.500. The van der Waals surface area contributed by atoms with E-state index in [1.54, 1.807) is 7.11 Å². The van der Waals surface area contributed by atoms with Crippen LogP contribution in [0.25, 0.3) is 0 Å². The van der Waals surface area contributed by atoms with Gasteiger partial charge in [-0.25, -0.2) is 4.79 Å². The van der Waals surface area contributed by atoms with E-state index in [9.17, 15) is 4.79 Å². The van der Waals surface area contributed by atoms with Gasteiger partial charge < -0.3 is 14.4 Å². The fraction of sp³-hybridized carbons (Fsp3) is 0.778. The molecule has 4 nitrogen and oxygen atoms in total. The fourth-order valence-electron chi connectivity index (χ4n) is 1.68. The maximum absolute atomic E-state index is 11.4. The number of likely N-dealkylation sites (tertiary alicyclic amines) is 1. The fourth-order valence-corrected chi connectivity index (χ4v) is 1.88. The Bertz CT molecular complexity index is 244. The van der Waals surface area contributed by atoms with Crippen molar-refractivity contribution in [2.75, 3.05) is 20.8 Å². The van der Waals surface area contributed by atoms with Crippen molar-refractivity contribution in [3.05, 3.63) is 0 Å². The van der Waals surface area contributed by atoms with Gasteiger partial charge in [-0.1, -0.05) is 12.2 Å². The van der Waals surface area contributed by atoms with E-state index in [-0.39, 0.29) is 18.1 Å². The zero-order valence-electron chi connectivity index (χ0n) is 8.65. The highest BCUT2D eigenvalue weighted by molar-refractivity contribution is 7.80. The minimum absolute atomic E-state index is 0.0667. The van der Waals surface area contributed by atoms with Crippen LogP contribution in [-0.2, 0) is 14.3 Å². The maximum Gasteiger partial charge on any atom is 0.328 e. The number of methoxy groups -OCH3 is 2. The van der Waals surface area contributed by atoms with E-state index in [1.807, 2.05) is 11.8 Å². The normalized spacial score (nSPS) is 26.4. The summed E-state index contributed by atoms with van der Waals surface area (Å²) in [4.78, 5) is 14.0. The van der Waals surface area contributed by atoms with Crippen LogP contribution in [0.15, 0.2) is 0 Å². The Balaban J connectivity index is 2.71. The molecule has 0 unspecified atom stereocenters. The Morgan fingerprint density at radius 3 is 2.57 bits per heavy atom. The largest absolute Gasteiger partial charge is 0.467 e. The molecule has 5 heteroatoms. The third kappa shape index (κ3) is 2.22. The van der Waals surface area contributed by atoms with Crippen LogP contribution in [0, 0.1) is 0 Å². The number of hydrogen-bond acceptors (Lipinski definition) is 4. The summed E-state index contributed by atoms with van der Waals surface area (Å²) in [6.45, 7) is 2.48. The van der Waals surface area contributed by atoms with Gasteiger partial charge in [-0.3, -0.25) is 0 Å². The van der Waals surface area contributed by atoms with Crippen LogP contribution >= 0.6 is 12.2 Å². The third-order valence-corrected chi connectivity index (χ3v) is 2.71. The molecule has 0 aromatic heterocycles. The van der Waals surface area contributed by atoms with Gasteiger partial charge in [0, 0.05) is 20.1 Å². The van der Waals surface area contributed by atoms with Crippen LogP contribution < -0.4 is 0 Å². The molecule has 2 atom stereocenters. The summed E-state index contributed by atoms with van der Waals surface area (Å²) in [5.74, 6) is -0.242. The molecule has 1 aliphatic rings. The van der Waals surface area contributed by atoms with Gasteiger partial charge >= 0.3 is 5.97 Å². The zero-order valence-corrected chi connectivity index (χ0v) is 9.47. The first-order valence-corrected chi connectivity index (χ1v) is 4.88. The van der Waals surface area contributed by atoms with Crippen molar-refractivity contribution in [2.45, 2.75) is 25.5 Å². The van der Waals surface area contributed by atoms with Gasteiger partial charge in [-0.2, -0.15) is 0 Å². The molecule has 0 aliphatic carbocycles. The molecule has 1 heterocycles. The number of thiocarbonyl (C=S) groups is 1. The van der Waals surface area contributed by atoms with Crippen LogP contribution in [0.5, 0.6) is 0 Å². The average molecular weight is 217 g/mol. The highest BCUT2D eigenvalue weighted by Crippen LogP contribution is 2.21. The second-order valence-electron chi connectivity index (χ2n) is 3.30. The Hall–Kier alpha value is -0.680. The van der Waals surface area contributed by atoms with Gasteiger partial charge in [0.25, 0.3) is 0 Å². The molecule has 0 aromatic carbocycles. The third-order valence-electron chi connectivity index (χ3n) is 2.47. The first-order valence-electron chi connectivity index (χ1n) is 4.48. The van der Waals surface area contributed by atoms with E-state index in [2.05, 4.69) is 0 Å². The van der Waals surface area contributed by atoms with Gasteiger partial charge in [0.15, 0.2) is 0 Å². The second kappa shape index (κ2) is 4.70. The molecule has 0 spiro atoms. The highest BCUT2D eigenvalue weighted by Gasteiger charge is 2.37. The Labute approximate surface area is 89.2 Å². The van der Waals surface area contributed by atoms with Crippen LogP contribution in [-0.4, -0.2) is 48.8 Å². The van der Waals surface area contributed by atoms with E-state index in [4.69, 9.17) is 21.7 Å². The predicted molar refractivity (Wildman–Crippen MR) is 56.2 cm³/mol. The molecule has 0 aromatic rings. The van der Waals surface area contributed by atoms with Crippen molar-refractivity contribution in [3.63, 3.8) is 0 Å². The molecule has 0 bridgehead atoms. The lowest BCUT2D eigenvalue weighted by Gasteiger charge is -2.22. The van der Waals surface area contributed by atoms with E-state index in [1.165, 1.54) is 7.11 Å². The second-order valence-corrected chi connectivity index (χ2v) is 3.89. The van der Waals surface area contributed by atoms with Crippen molar-refractivity contribution in [1.82, 2.24) is 4.90 Å². The molecule has 0 N–H and O–H groups in total. The van der Waals surface area contributed by atoms with Crippen LogP contribution in [0.3, 0.4) is 0 Å². The first-order chi connectivity index (χ1) is 6.60. The van der Waals surface area contributed by atoms with Crippen molar-refractivity contribution >= 4 is 23.2 Å². The Morgan fingerprint density at radius 1 is 1.50 bits per heavy atom. The topological polar surface area (TPSA) is 38.8 Å². The van der Waals surface area contributed by atoms with Crippen molar-refractivity contribution in [2.24, 2.45) is 0 Å². The summed E-state index contributed by atoms with van der Waals surface area (Å²) in [6, 6.07) is -0.276. The van der Waals surface area contributed by atoms with E-state index >= 15 is 0 Å². The smallest absolute Gasteiger partial charge is 0.328 e. The maximum atomic E-state index is 11.4. The SMILES string of the molecule is COC(=O)[C@@H]1C[C@@H](OC)CN1C(C)=S. The number of ether oxygens (including phenoxy) is 2. The standard InChI is InChI=1S/C9H15NO3S/c1-6(14)10-5-7(12-2)4-8(10)9(11)13-3/h7-8H,4-5H2,1-3H3/t7-,8+/m1/s1. The molecule has 0 radical (unpaired) electrons. The van der Waals surface area contributed by atoms with Crippen molar-refractivity contribution < 1.29 is 14.3 Å². The van der Waals surface area contributed by atoms with Crippen LogP contribution in [0.4, 0.5) is 0 Å². The summed E-state index contributed by atoms with van der Waals surface area (Å²) < 4.78 is 9.92. The van der Waals surface area contributed by atoms with Gasteiger partial charge in [0.05, 0.1) is 18.2 Å². The molecular formula is C9H15NO3S. The number of esters is 1. The summed E-state index contributed by atoms with van der Waals surface area (Å²) in [5.41, 5.74) is 0. The van der Waals surface area contributed by atoms with Gasteiger partial charge in [0.1, 0.15) is 6.04 Å². The number of hydrogen-bond donors (Lipinski definition) is 0.